The van der Waals surface area contributed by atoms with Crippen molar-refractivity contribution in [3.63, 3.8) is 0 Å². The minimum atomic E-state index is -0.261. The minimum absolute atomic E-state index is 0.261. The molecule has 0 fully saturated rings. The lowest BCUT2D eigenvalue weighted by atomic mass is 10.2. The van der Waals surface area contributed by atoms with Crippen molar-refractivity contribution in [1.82, 2.24) is 15.0 Å². The quantitative estimate of drug-likeness (QED) is 0.773. The van der Waals surface area contributed by atoms with Gasteiger partial charge in [-0.3, -0.25) is 0 Å². The van der Waals surface area contributed by atoms with Crippen LogP contribution in [0.2, 0.25) is 0 Å². The molecule has 1 N–H and O–H groups in total. The summed E-state index contributed by atoms with van der Waals surface area (Å²) in [5.41, 5.74) is 2.57. The Morgan fingerprint density at radius 3 is 2.63 bits per heavy atom. The summed E-state index contributed by atoms with van der Waals surface area (Å²) in [5, 5.41) is 1.01. The number of aromatic amines is 1. The van der Waals surface area contributed by atoms with Gasteiger partial charge in [-0.1, -0.05) is 6.92 Å². The Labute approximate surface area is 118 Å². The fourth-order valence-electron chi connectivity index (χ4n) is 2.05. The highest BCUT2D eigenvalue weighted by atomic mass is 79.9. The Bertz CT molecular complexity index is 734. The first kappa shape index (κ1) is 12.3. The molecule has 5 heteroatoms. The summed E-state index contributed by atoms with van der Waals surface area (Å²) in [7, 11) is 0. The molecule has 3 aromatic rings. The number of hydrogen-bond acceptors (Lipinski definition) is 2. The summed E-state index contributed by atoms with van der Waals surface area (Å²) in [6, 6.07) is 6.21. The lowest BCUT2D eigenvalue weighted by Gasteiger charge is -2.05. The summed E-state index contributed by atoms with van der Waals surface area (Å²) >= 11 is 3.49. The first-order valence-electron chi connectivity index (χ1n) is 5.98. The van der Waals surface area contributed by atoms with Gasteiger partial charge >= 0.3 is 0 Å². The minimum Gasteiger partial charge on any atom is -0.345 e. The van der Waals surface area contributed by atoms with Crippen LogP contribution in [0.25, 0.3) is 22.4 Å². The lowest BCUT2D eigenvalue weighted by molar-refractivity contribution is 0.628. The van der Waals surface area contributed by atoms with Gasteiger partial charge in [0.1, 0.15) is 11.5 Å². The lowest BCUT2D eigenvalue weighted by Crippen LogP contribution is -1.96. The molecule has 0 spiro atoms. The second-order valence-electron chi connectivity index (χ2n) is 4.21. The number of fused-ring (bicyclic) bond motifs is 1. The van der Waals surface area contributed by atoms with Crippen molar-refractivity contribution < 1.29 is 4.39 Å². The van der Waals surface area contributed by atoms with E-state index in [1.54, 1.807) is 12.1 Å². The predicted octanol–water partition coefficient (Wildman–Crippen LogP) is 4.09. The van der Waals surface area contributed by atoms with Crippen LogP contribution >= 0.6 is 15.9 Å². The summed E-state index contributed by atoms with van der Waals surface area (Å²) in [5.74, 6) is 0.349. The van der Waals surface area contributed by atoms with Crippen molar-refractivity contribution in [3.05, 3.63) is 46.4 Å². The zero-order valence-corrected chi connectivity index (χ0v) is 11.8. The van der Waals surface area contributed by atoms with Crippen LogP contribution in [0.4, 0.5) is 4.39 Å². The molecule has 0 aliphatic heterocycles. The van der Waals surface area contributed by atoms with Crippen LogP contribution in [0.3, 0.4) is 0 Å². The number of H-pyrrole nitrogens is 1. The Balaban J connectivity index is 2.22. The van der Waals surface area contributed by atoms with Crippen LogP contribution in [0.1, 0.15) is 12.6 Å². The predicted molar refractivity (Wildman–Crippen MR) is 76.4 cm³/mol. The van der Waals surface area contributed by atoms with Crippen LogP contribution in [-0.4, -0.2) is 15.0 Å². The molecule has 0 radical (unpaired) electrons. The normalized spacial score (nSPS) is 11.1. The molecule has 0 aliphatic rings. The second kappa shape index (κ2) is 4.74. The van der Waals surface area contributed by atoms with E-state index in [2.05, 4.69) is 37.8 Å². The van der Waals surface area contributed by atoms with Crippen molar-refractivity contribution in [2.45, 2.75) is 13.3 Å². The third kappa shape index (κ3) is 2.14. The van der Waals surface area contributed by atoms with E-state index in [1.807, 2.05) is 6.20 Å². The third-order valence-electron chi connectivity index (χ3n) is 3.00. The standard InChI is InChI=1S/C14H11BrFN3/c1-2-11-12-10(15)7-17-14(12)19-13(18-11)8-3-5-9(16)6-4-8/h3-7H,2H2,1H3,(H,17,18,19). The summed E-state index contributed by atoms with van der Waals surface area (Å²) in [4.78, 5) is 12.2. The number of hydrogen-bond donors (Lipinski definition) is 1. The summed E-state index contributed by atoms with van der Waals surface area (Å²) < 4.78 is 13.9. The van der Waals surface area contributed by atoms with Crippen LogP contribution in [0, 0.1) is 5.82 Å². The fourth-order valence-corrected chi connectivity index (χ4v) is 2.58. The maximum absolute atomic E-state index is 13.0. The van der Waals surface area contributed by atoms with E-state index in [0.29, 0.717) is 5.82 Å². The first-order valence-corrected chi connectivity index (χ1v) is 6.77. The number of benzene rings is 1. The Morgan fingerprint density at radius 1 is 1.21 bits per heavy atom. The van der Waals surface area contributed by atoms with Gasteiger partial charge in [-0.2, -0.15) is 0 Å². The van der Waals surface area contributed by atoms with Crippen molar-refractivity contribution in [2.24, 2.45) is 0 Å². The molecule has 96 valence electrons. The number of nitrogens with zero attached hydrogens (tertiary/aromatic N) is 2. The summed E-state index contributed by atoms with van der Waals surface area (Å²) in [6.07, 6.45) is 2.66. The molecule has 0 unspecified atom stereocenters. The zero-order chi connectivity index (χ0) is 13.4. The van der Waals surface area contributed by atoms with E-state index in [1.165, 1.54) is 12.1 Å². The van der Waals surface area contributed by atoms with Crippen molar-refractivity contribution >= 4 is 27.0 Å². The van der Waals surface area contributed by atoms with E-state index >= 15 is 0 Å². The number of aromatic nitrogens is 3. The van der Waals surface area contributed by atoms with Crippen molar-refractivity contribution in [2.75, 3.05) is 0 Å². The van der Waals surface area contributed by atoms with Gasteiger partial charge in [-0.05, 0) is 46.6 Å². The Hall–Kier alpha value is -1.75. The molecule has 19 heavy (non-hydrogen) atoms. The first-order chi connectivity index (χ1) is 9.19. The fraction of sp³-hybridized carbons (Fsp3) is 0.143. The second-order valence-corrected chi connectivity index (χ2v) is 5.07. The highest BCUT2D eigenvalue weighted by Gasteiger charge is 2.12. The van der Waals surface area contributed by atoms with Gasteiger partial charge in [-0.15, -0.1) is 0 Å². The van der Waals surface area contributed by atoms with Gasteiger partial charge in [-0.25, -0.2) is 14.4 Å². The third-order valence-corrected chi connectivity index (χ3v) is 3.62. The largest absolute Gasteiger partial charge is 0.345 e. The topological polar surface area (TPSA) is 41.6 Å². The molecule has 3 nitrogen and oxygen atoms in total. The molecular formula is C14H11BrFN3. The van der Waals surface area contributed by atoms with Gasteiger partial charge in [0.2, 0.25) is 0 Å². The van der Waals surface area contributed by atoms with Gasteiger partial charge in [0, 0.05) is 16.2 Å². The Morgan fingerprint density at radius 2 is 1.95 bits per heavy atom. The SMILES string of the molecule is CCc1nc(-c2ccc(F)cc2)nc2[nH]cc(Br)c12. The van der Waals surface area contributed by atoms with Gasteiger partial charge in [0.15, 0.2) is 5.82 Å². The van der Waals surface area contributed by atoms with E-state index in [4.69, 9.17) is 0 Å². The van der Waals surface area contributed by atoms with Gasteiger partial charge < -0.3 is 4.98 Å². The highest BCUT2D eigenvalue weighted by Crippen LogP contribution is 2.27. The molecule has 0 atom stereocenters. The average Bonchev–Trinajstić information content (AvgIpc) is 2.80. The summed E-state index contributed by atoms with van der Waals surface area (Å²) in [6.45, 7) is 2.05. The van der Waals surface area contributed by atoms with Crippen LogP contribution < -0.4 is 0 Å². The van der Waals surface area contributed by atoms with Crippen molar-refractivity contribution in [1.29, 1.82) is 0 Å². The number of nitrogens with one attached hydrogen (secondary N) is 1. The van der Waals surface area contributed by atoms with Crippen LogP contribution in [-0.2, 0) is 6.42 Å². The maximum atomic E-state index is 13.0. The molecule has 3 rings (SSSR count). The van der Waals surface area contributed by atoms with E-state index in [0.717, 1.165) is 33.2 Å². The molecule has 2 aromatic heterocycles. The van der Waals surface area contributed by atoms with Crippen molar-refractivity contribution in [3.8, 4) is 11.4 Å². The molecule has 0 amide bonds. The average molecular weight is 320 g/mol. The number of rotatable bonds is 2. The zero-order valence-electron chi connectivity index (χ0n) is 10.2. The Kier molecular flexibility index (Phi) is 3.06. The molecule has 1 aromatic carbocycles. The number of aryl methyl sites for hydroxylation is 1. The van der Waals surface area contributed by atoms with Crippen LogP contribution in [0.15, 0.2) is 34.9 Å². The van der Waals surface area contributed by atoms with Gasteiger partial charge in [0.25, 0.3) is 0 Å². The van der Waals surface area contributed by atoms with E-state index in [-0.39, 0.29) is 5.82 Å². The molecule has 0 saturated heterocycles. The monoisotopic (exact) mass is 319 g/mol. The van der Waals surface area contributed by atoms with E-state index < -0.39 is 0 Å². The molecule has 2 heterocycles. The smallest absolute Gasteiger partial charge is 0.161 e. The molecule has 0 saturated carbocycles. The highest BCUT2D eigenvalue weighted by molar-refractivity contribution is 9.10. The van der Waals surface area contributed by atoms with Gasteiger partial charge in [0.05, 0.1) is 11.1 Å². The molecule has 0 aliphatic carbocycles. The van der Waals surface area contributed by atoms with Crippen LogP contribution in [0.5, 0.6) is 0 Å². The molecular weight excluding hydrogens is 309 g/mol. The van der Waals surface area contributed by atoms with E-state index in [9.17, 15) is 4.39 Å². The number of halogens is 2. The maximum Gasteiger partial charge on any atom is 0.161 e. The molecule has 0 bridgehead atoms.